The van der Waals surface area contributed by atoms with E-state index in [1.165, 1.54) is 12.1 Å². The average Bonchev–Trinajstić information content (AvgIpc) is 3.51. The number of fused-ring (bicyclic) bond motifs is 1. The number of hydrogen-bond donors (Lipinski definition) is 2. The van der Waals surface area contributed by atoms with Crippen molar-refractivity contribution >= 4 is 29.2 Å². The van der Waals surface area contributed by atoms with Crippen LogP contribution in [0.25, 0.3) is 39.5 Å². The van der Waals surface area contributed by atoms with Gasteiger partial charge in [-0.25, -0.2) is 15.0 Å². The zero-order valence-corrected chi connectivity index (χ0v) is 25.8. The molecule has 4 heterocycles. The Balaban J connectivity index is 1.14. The van der Waals surface area contributed by atoms with Crippen LogP contribution in [0.5, 0.6) is 5.75 Å². The van der Waals surface area contributed by atoms with Gasteiger partial charge >= 0.3 is 0 Å². The van der Waals surface area contributed by atoms with Gasteiger partial charge in [-0.05, 0) is 72.3 Å². The molecule has 0 radical (unpaired) electrons. The number of piperazine rings is 1. The van der Waals surface area contributed by atoms with Crippen molar-refractivity contribution in [3.8, 4) is 40.2 Å². The number of hydrogen-bond acceptors (Lipinski definition) is 9. The Morgan fingerprint density at radius 2 is 1.75 bits per heavy atom. The predicted molar refractivity (Wildman–Crippen MR) is 181 cm³/mol. The molecule has 11 heteroatoms. The highest BCUT2D eigenvalue weighted by atomic mass is 16.3. The van der Waals surface area contributed by atoms with E-state index in [1.807, 2.05) is 59.2 Å². The van der Waals surface area contributed by atoms with Crippen molar-refractivity contribution < 1.29 is 14.7 Å². The van der Waals surface area contributed by atoms with Crippen molar-refractivity contribution in [3.05, 3.63) is 119 Å². The lowest BCUT2D eigenvalue weighted by molar-refractivity contribution is 0.0628. The maximum absolute atomic E-state index is 13.0. The molecule has 0 saturated carbocycles. The van der Waals surface area contributed by atoms with Gasteiger partial charge in [0.05, 0.1) is 28.5 Å². The summed E-state index contributed by atoms with van der Waals surface area (Å²) in [4.78, 5) is 42.5. The molecule has 0 spiro atoms. The number of pyridine rings is 2. The number of nitriles is 1. The molecule has 0 atom stereocenters. The van der Waals surface area contributed by atoms with Crippen LogP contribution in [0.4, 0.5) is 5.82 Å². The summed E-state index contributed by atoms with van der Waals surface area (Å²) in [5.74, 6) is 0.682. The second-order valence-electron chi connectivity index (χ2n) is 11.6. The highest BCUT2D eigenvalue weighted by Crippen LogP contribution is 2.32. The van der Waals surface area contributed by atoms with E-state index in [0.29, 0.717) is 78.5 Å². The van der Waals surface area contributed by atoms with E-state index in [0.717, 1.165) is 22.5 Å². The molecule has 3 aromatic carbocycles. The fraction of sp³-hybridized carbons (Fsp3) is 0.135. The molecular formula is C37H30N8O3. The number of amides is 1. The first-order chi connectivity index (χ1) is 23.4. The third kappa shape index (κ3) is 5.84. The molecule has 1 amide bonds. The van der Waals surface area contributed by atoms with E-state index in [4.69, 9.17) is 15.7 Å². The number of rotatable bonds is 7. The summed E-state index contributed by atoms with van der Waals surface area (Å²) >= 11 is 0. The molecule has 3 N–H and O–H groups in total. The number of carbonyl (C=O) groups excluding carboxylic acids is 2. The zero-order valence-electron chi connectivity index (χ0n) is 25.8. The third-order valence-electron chi connectivity index (χ3n) is 8.53. The Morgan fingerprint density at radius 3 is 2.50 bits per heavy atom. The SMILES string of the molecule is N#Cc1cccc(-c2ccc3nc(-c4cccnc4N)n(-c4ccc(CN5CCN(C(=O)c6ccc(O)c(C=O)c6)CC5)cc4)c3n2)c1. The minimum atomic E-state index is -0.158. The number of nitrogens with zero attached hydrogens (tertiary/aromatic N) is 7. The van der Waals surface area contributed by atoms with E-state index in [9.17, 15) is 20.0 Å². The number of aromatic hydroxyl groups is 1. The number of imidazole rings is 1. The van der Waals surface area contributed by atoms with Crippen LogP contribution in [-0.2, 0) is 6.54 Å². The van der Waals surface area contributed by atoms with Crippen LogP contribution in [0.1, 0.15) is 31.8 Å². The van der Waals surface area contributed by atoms with Crippen LogP contribution in [0, 0.1) is 11.3 Å². The van der Waals surface area contributed by atoms with E-state index in [-0.39, 0.29) is 17.2 Å². The molecule has 6 aromatic rings. The highest BCUT2D eigenvalue weighted by molar-refractivity contribution is 5.96. The number of phenolic OH excluding ortho intramolecular Hbond substituents is 1. The Kier molecular flexibility index (Phi) is 8.07. The van der Waals surface area contributed by atoms with Crippen LogP contribution < -0.4 is 5.73 Å². The Labute approximate surface area is 276 Å². The Hall–Kier alpha value is -6.38. The normalized spacial score (nSPS) is 13.4. The van der Waals surface area contributed by atoms with Gasteiger partial charge in [0.15, 0.2) is 17.8 Å². The van der Waals surface area contributed by atoms with Gasteiger partial charge in [-0.1, -0.05) is 24.3 Å². The van der Waals surface area contributed by atoms with Crippen LogP contribution >= 0.6 is 0 Å². The molecule has 3 aromatic heterocycles. The molecular weight excluding hydrogens is 604 g/mol. The van der Waals surface area contributed by atoms with Gasteiger partial charge in [0.1, 0.15) is 17.1 Å². The van der Waals surface area contributed by atoms with Gasteiger partial charge in [0.2, 0.25) is 0 Å². The van der Waals surface area contributed by atoms with Crippen LogP contribution in [0.2, 0.25) is 0 Å². The fourth-order valence-corrected chi connectivity index (χ4v) is 5.98. The smallest absolute Gasteiger partial charge is 0.253 e. The molecule has 1 saturated heterocycles. The maximum Gasteiger partial charge on any atom is 0.253 e. The molecule has 1 aliphatic rings. The molecule has 7 rings (SSSR count). The minimum absolute atomic E-state index is 0.101. The number of nitrogens with two attached hydrogens (primary N) is 1. The first-order valence-electron chi connectivity index (χ1n) is 15.4. The van der Waals surface area contributed by atoms with Crippen LogP contribution in [-0.4, -0.2) is 72.8 Å². The van der Waals surface area contributed by atoms with Gasteiger partial charge in [0, 0.05) is 55.7 Å². The van der Waals surface area contributed by atoms with E-state index < -0.39 is 0 Å². The largest absolute Gasteiger partial charge is 0.507 e. The lowest BCUT2D eigenvalue weighted by atomic mass is 10.1. The first kappa shape index (κ1) is 30.3. The fourth-order valence-electron chi connectivity index (χ4n) is 5.98. The second-order valence-corrected chi connectivity index (χ2v) is 11.6. The second kappa shape index (κ2) is 12.8. The van der Waals surface area contributed by atoms with Crippen molar-refractivity contribution in [2.24, 2.45) is 0 Å². The molecule has 236 valence electrons. The molecule has 1 aliphatic heterocycles. The zero-order chi connectivity index (χ0) is 33.2. The van der Waals surface area contributed by atoms with Crippen molar-refractivity contribution in [1.82, 2.24) is 29.3 Å². The Bertz CT molecular complexity index is 2210. The van der Waals surface area contributed by atoms with Gasteiger partial charge in [-0.2, -0.15) is 5.26 Å². The number of phenols is 1. The van der Waals surface area contributed by atoms with Gasteiger partial charge in [0.25, 0.3) is 5.91 Å². The molecule has 11 nitrogen and oxygen atoms in total. The molecule has 0 unspecified atom stereocenters. The summed E-state index contributed by atoms with van der Waals surface area (Å²) in [7, 11) is 0. The van der Waals surface area contributed by atoms with Crippen LogP contribution in [0.3, 0.4) is 0 Å². The van der Waals surface area contributed by atoms with E-state index in [1.54, 1.807) is 23.2 Å². The number of nitrogen functional groups attached to an aromatic ring is 1. The molecule has 0 bridgehead atoms. The number of aldehydes is 1. The molecule has 1 fully saturated rings. The summed E-state index contributed by atoms with van der Waals surface area (Å²) < 4.78 is 1.98. The van der Waals surface area contributed by atoms with Gasteiger partial charge < -0.3 is 15.7 Å². The number of benzene rings is 3. The van der Waals surface area contributed by atoms with Gasteiger partial charge in [-0.15, -0.1) is 0 Å². The average molecular weight is 635 g/mol. The quantitative estimate of drug-likeness (QED) is 0.229. The topological polar surface area (TPSA) is 154 Å². The summed E-state index contributed by atoms with van der Waals surface area (Å²) in [5.41, 5.74) is 12.9. The lowest BCUT2D eigenvalue weighted by Crippen LogP contribution is -2.48. The monoisotopic (exact) mass is 634 g/mol. The van der Waals surface area contributed by atoms with Crippen molar-refractivity contribution in [2.45, 2.75) is 6.54 Å². The summed E-state index contributed by atoms with van der Waals surface area (Å²) in [6.07, 6.45) is 2.19. The molecule has 0 aliphatic carbocycles. The third-order valence-corrected chi connectivity index (χ3v) is 8.53. The number of aromatic nitrogens is 4. The summed E-state index contributed by atoms with van der Waals surface area (Å²) in [5, 5.41) is 19.2. The molecule has 48 heavy (non-hydrogen) atoms. The first-order valence-corrected chi connectivity index (χ1v) is 15.4. The van der Waals surface area contributed by atoms with Crippen LogP contribution in [0.15, 0.2) is 97.2 Å². The van der Waals surface area contributed by atoms with E-state index in [2.05, 4.69) is 28.1 Å². The maximum atomic E-state index is 13.0. The van der Waals surface area contributed by atoms with Gasteiger partial charge in [-0.3, -0.25) is 19.1 Å². The van der Waals surface area contributed by atoms with Crippen molar-refractivity contribution in [1.29, 1.82) is 5.26 Å². The van der Waals surface area contributed by atoms with Crippen molar-refractivity contribution in [2.75, 3.05) is 31.9 Å². The standard InChI is InChI=1S/C37H30N8O3/c38-21-25-3-1-4-26(19-25)31-11-12-32-36(41-31)45(35(42-32)30-5-2-14-40-34(30)39)29-9-6-24(7-10-29)22-43-15-17-44(18-16-43)37(48)27-8-13-33(47)28(20-27)23-46/h1-14,19-20,23,47H,15-18,22H2,(H2,39,40). The van der Waals surface area contributed by atoms with E-state index >= 15 is 0 Å². The Morgan fingerprint density at radius 1 is 0.938 bits per heavy atom. The highest BCUT2D eigenvalue weighted by Gasteiger charge is 2.23. The lowest BCUT2D eigenvalue weighted by Gasteiger charge is -2.35. The number of carbonyl (C=O) groups is 2. The van der Waals surface area contributed by atoms with Crippen molar-refractivity contribution in [3.63, 3.8) is 0 Å². The minimum Gasteiger partial charge on any atom is -0.507 e. The summed E-state index contributed by atoms with van der Waals surface area (Å²) in [6.45, 7) is 3.21. The number of anilines is 1. The predicted octanol–water partition coefficient (Wildman–Crippen LogP) is 5.08. The summed E-state index contributed by atoms with van der Waals surface area (Å²) in [6, 6.07) is 29.6.